The number of nitrogens with one attached hydrogen (secondary N) is 1. The molecular weight excluding hydrogens is 264 g/mol. The van der Waals surface area contributed by atoms with Crippen molar-refractivity contribution in [2.24, 2.45) is 11.7 Å². The van der Waals surface area contributed by atoms with Crippen molar-refractivity contribution in [2.45, 2.75) is 24.3 Å². The van der Waals surface area contributed by atoms with Gasteiger partial charge in [0.05, 0.1) is 11.5 Å². The average molecular weight is 284 g/mol. The van der Waals surface area contributed by atoms with Crippen LogP contribution in [0.3, 0.4) is 0 Å². The van der Waals surface area contributed by atoms with E-state index in [1.54, 1.807) is 24.3 Å². The van der Waals surface area contributed by atoms with Gasteiger partial charge in [0.2, 0.25) is 10.0 Å². The van der Waals surface area contributed by atoms with Gasteiger partial charge in [-0.15, -0.1) is 0 Å². The Morgan fingerprint density at radius 2 is 1.95 bits per heavy atom. The molecule has 0 atom stereocenters. The largest absolute Gasteiger partial charge is 0.380 e. The zero-order valence-corrected chi connectivity index (χ0v) is 11.7. The number of hydrogen-bond acceptors (Lipinski definition) is 4. The summed E-state index contributed by atoms with van der Waals surface area (Å²) in [5.74, 6) is 0.695. The van der Waals surface area contributed by atoms with E-state index in [1.165, 1.54) is 12.8 Å². The van der Waals surface area contributed by atoms with Gasteiger partial charge in [-0.2, -0.15) is 0 Å². The van der Waals surface area contributed by atoms with Crippen LogP contribution in [0.1, 0.15) is 18.4 Å². The summed E-state index contributed by atoms with van der Waals surface area (Å²) in [4.78, 5) is 0.256. The molecule has 5 nitrogen and oxygen atoms in total. The topological polar surface area (TPSA) is 81.4 Å². The highest BCUT2D eigenvalue weighted by molar-refractivity contribution is 7.89. The van der Waals surface area contributed by atoms with Crippen molar-refractivity contribution < 1.29 is 13.2 Å². The van der Waals surface area contributed by atoms with Crippen molar-refractivity contribution >= 4 is 10.0 Å². The Hall–Kier alpha value is -0.950. The highest BCUT2D eigenvalue weighted by Gasteiger charge is 2.21. The van der Waals surface area contributed by atoms with E-state index < -0.39 is 10.0 Å². The zero-order chi connectivity index (χ0) is 13.7. The summed E-state index contributed by atoms with van der Waals surface area (Å²) in [6.07, 6.45) is 2.47. The molecule has 1 fully saturated rings. The van der Waals surface area contributed by atoms with Crippen molar-refractivity contribution in [1.29, 1.82) is 0 Å². The summed E-state index contributed by atoms with van der Waals surface area (Å²) >= 11 is 0. The third-order valence-electron chi connectivity index (χ3n) is 3.06. The van der Waals surface area contributed by atoms with Crippen LogP contribution in [0.4, 0.5) is 0 Å². The average Bonchev–Trinajstić information content (AvgIpc) is 3.22. The molecular formula is C13H20N2O3S. The maximum absolute atomic E-state index is 11.9. The molecule has 6 heteroatoms. The lowest BCUT2D eigenvalue weighted by Crippen LogP contribution is -2.27. The van der Waals surface area contributed by atoms with Crippen LogP contribution >= 0.6 is 0 Å². The Bertz CT molecular complexity index is 495. The normalized spacial score (nSPS) is 15.6. The van der Waals surface area contributed by atoms with Crippen LogP contribution in [0.2, 0.25) is 0 Å². The fourth-order valence-electron chi connectivity index (χ4n) is 1.67. The summed E-state index contributed by atoms with van der Waals surface area (Å²) in [6, 6.07) is 6.57. The first-order valence-electron chi connectivity index (χ1n) is 6.48. The first kappa shape index (κ1) is 14.5. The Balaban J connectivity index is 1.78. The first-order chi connectivity index (χ1) is 9.12. The zero-order valence-electron chi connectivity index (χ0n) is 10.8. The lowest BCUT2D eigenvalue weighted by Gasteiger charge is -2.08. The van der Waals surface area contributed by atoms with Gasteiger partial charge >= 0.3 is 0 Å². The molecule has 2 rings (SSSR count). The number of nitrogens with two attached hydrogens (primary N) is 1. The summed E-state index contributed by atoms with van der Waals surface area (Å²) in [7, 11) is -3.44. The lowest BCUT2D eigenvalue weighted by molar-refractivity contribution is 0.129. The molecule has 0 aliphatic heterocycles. The number of benzene rings is 1. The van der Waals surface area contributed by atoms with Crippen LogP contribution in [0, 0.1) is 5.92 Å². The van der Waals surface area contributed by atoms with Gasteiger partial charge in [0.25, 0.3) is 0 Å². The third kappa shape index (κ3) is 4.58. The first-order valence-corrected chi connectivity index (χ1v) is 7.96. The van der Waals surface area contributed by atoms with Crippen molar-refractivity contribution in [1.82, 2.24) is 4.72 Å². The van der Waals surface area contributed by atoms with Gasteiger partial charge in [-0.1, -0.05) is 12.1 Å². The summed E-state index contributed by atoms with van der Waals surface area (Å²) in [5, 5.41) is 0. The molecule has 0 spiro atoms. The molecule has 0 radical (unpaired) electrons. The standard InChI is InChI=1S/C13H20N2O3S/c14-9-11-3-5-13(6-4-11)19(16,17)15-7-8-18-10-12-1-2-12/h3-6,12,15H,1-2,7-10,14H2. The molecule has 0 unspecified atom stereocenters. The van der Waals surface area contributed by atoms with E-state index in [9.17, 15) is 8.42 Å². The number of sulfonamides is 1. The maximum Gasteiger partial charge on any atom is 0.240 e. The van der Waals surface area contributed by atoms with Crippen molar-refractivity contribution in [3.63, 3.8) is 0 Å². The van der Waals surface area contributed by atoms with E-state index in [1.807, 2.05) is 0 Å². The molecule has 0 aromatic heterocycles. The Morgan fingerprint density at radius 1 is 1.26 bits per heavy atom. The Labute approximate surface area is 114 Å². The van der Waals surface area contributed by atoms with E-state index in [0.29, 0.717) is 25.6 Å². The summed E-state index contributed by atoms with van der Waals surface area (Å²) < 4.78 is 31.8. The van der Waals surface area contributed by atoms with Gasteiger partial charge in [-0.05, 0) is 36.5 Å². The molecule has 0 bridgehead atoms. The van der Waals surface area contributed by atoms with Crippen LogP contribution in [0.5, 0.6) is 0 Å². The van der Waals surface area contributed by atoms with Gasteiger partial charge in [0, 0.05) is 19.7 Å². The van der Waals surface area contributed by atoms with Gasteiger partial charge in [0.15, 0.2) is 0 Å². The van der Waals surface area contributed by atoms with Crippen LogP contribution in [-0.2, 0) is 21.3 Å². The molecule has 0 saturated heterocycles. The van der Waals surface area contributed by atoms with Crippen LogP contribution in [0.25, 0.3) is 0 Å². The molecule has 1 aliphatic rings. The quantitative estimate of drug-likeness (QED) is 0.693. The predicted octanol–water partition coefficient (Wildman–Crippen LogP) is 0.850. The van der Waals surface area contributed by atoms with Gasteiger partial charge in [-0.3, -0.25) is 0 Å². The second-order valence-corrected chi connectivity index (χ2v) is 6.53. The minimum atomic E-state index is -3.44. The molecule has 0 heterocycles. The molecule has 19 heavy (non-hydrogen) atoms. The van der Waals surface area contributed by atoms with Crippen LogP contribution < -0.4 is 10.5 Å². The summed E-state index contributed by atoms with van der Waals surface area (Å²) in [6.45, 7) is 1.86. The highest BCUT2D eigenvalue weighted by atomic mass is 32.2. The van der Waals surface area contributed by atoms with E-state index in [4.69, 9.17) is 10.5 Å². The number of ether oxygens (including phenoxy) is 1. The fraction of sp³-hybridized carbons (Fsp3) is 0.538. The number of hydrogen-bond donors (Lipinski definition) is 2. The van der Waals surface area contributed by atoms with E-state index in [0.717, 1.165) is 12.2 Å². The fourth-order valence-corrected chi connectivity index (χ4v) is 2.68. The van der Waals surface area contributed by atoms with Crippen LogP contribution in [-0.4, -0.2) is 28.2 Å². The number of rotatable bonds is 8. The molecule has 1 saturated carbocycles. The van der Waals surface area contributed by atoms with Crippen molar-refractivity contribution in [3.8, 4) is 0 Å². The lowest BCUT2D eigenvalue weighted by atomic mass is 10.2. The minimum Gasteiger partial charge on any atom is -0.380 e. The maximum atomic E-state index is 11.9. The van der Waals surface area contributed by atoms with E-state index >= 15 is 0 Å². The predicted molar refractivity (Wildman–Crippen MR) is 73.1 cm³/mol. The monoisotopic (exact) mass is 284 g/mol. The molecule has 106 valence electrons. The molecule has 0 amide bonds. The van der Waals surface area contributed by atoms with Gasteiger partial charge in [0.1, 0.15) is 0 Å². The van der Waals surface area contributed by atoms with Crippen molar-refractivity contribution in [2.75, 3.05) is 19.8 Å². The SMILES string of the molecule is NCc1ccc(S(=O)(=O)NCCOCC2CC2)cc1. The van der Waals surface area contributed by atoms with Gasteiger partial charge < -0.3 is 10.5 Å². The van der Waals surface area contributed by atoms with Crippen molar-refractivity contribution in [3.05, 3.63) is 29.8 Å². The second-order valence-electron chi connectivity index (χ2n) is 4.76. The Kier molecular flexibility index (Phi) is 4.93. The molecule has 1 aliphatic carbocycles. The van der Waals surface area contributed by atoms with Gasteiger partial charge in [-0.25, -0.2) is 13.1 Å². The van der Waals surface area contributed by atoms with E-state index in [-0.39, 0.29) is 4.90 Å². The Morgan fingerprint density at radius 3 is 2.53 bits per heavy atom. The van der Waals surface area contributed by atoms with Crippen LogP contribution in [0.15, 0.2) is 29.2 Å². The highest BCUT2D eigenvalue weighted by Crippen LogP contribution is 2.28. The second kappa shape index (κ2) is 6.47. The van der Waals surface area contributed by atoms with E-state index in [2.05, 4.69) is 4.72 Å². The minimum absolute atomic E-state index is 0.256. The molecule has 3 N–H and O–H groups in total. The molecule has 1 aromatic rings. The third-order valence-corrected chi connectivity index (χ3v) is 4.54. The summed E-state index contributed by atoms with van der Waals surface area (Å²) in [5.41, 5.74) is 6.38. The molecule has 1 aromatic carbocycles. The smallest absolute Gasteiger partial charge is 0.240 e.